The molecular formula is C12H13ClN4S. The second kappa shape index (κ2) is 5.37. The van der Waals surface area contributed by atoms with E-state index in [4.69, 9.17) is 23.8 Å². The first-order valence-corrected chi connectivity index (χ1v) is 6.17. The lowest BCUT2D eigenvalue weighted by Crippen LogP contribution is -2.19. The van der Waals surface area contributed by atoms with Crippen molar-refractivity contribution in [2.75, 3.05) is 10.6 Å². The number of rotatable bonds is 2. The summed E-state index contributed by atoms with van der Waals surface area (Å²) in [6.45, 7) is 1.97. The Morgan fingerprint density at radius 2 is 2.17 bits per heavy atom. The second-order valence-electron chi connectivity index (χ2n) is 3.86. The minimum atomic E-state index is 0.508. The molecule has 6 heteroatoms. The highest BCUT2D eigenvalue weighted by atomic mass is 35.5. The Labute approximate surface area is 116 Å². The van der Waals surface area contributed by atoms with Crippen LogP contribution in [0.25, 0.3) is 0 Å². The monoisotopic (exact) mass is 280 g/mol. The molecule has 0 unspecified atom stereocenters. The van der Waals surface area contributed by atoms with Gasteiger partial charge in [-0.15, -0.1) is 0 Å². The van der Waals surface area contributed by atoms with E-state index in [-0.39, 0.29) is 0 Å². The first-order chi connectivity index (χ1) is 8.56. The number of anilines is 2. The van der Waals surface area contributed by atoms with Gasteiger partial charge in [0, 0.05) is 17.8 Å². The summed E-state index contributed by atoms with van der Waals surface area (Å²) in [6.07, 6.45) is 1.74. The van der Waals surface area contributed by atoms with Crippen LogP contribution in [0.5, 0.6) is 0 Å². The van der Waals surface area contributed by atoms with Gasteiger partial charge in [-0.1, -0.05) is 17.7 Å². The zero-order valence-corrected chi connectivity index (χ0v) is 11.6. The molecule has 0 bridgehead atoms. The number of hydrogen-bond acceptors (Lipinski definition) is 2. The van der Waals surface area contributed by atoms with Gasteiger partial charge < -0.3 is 10.6 Å². The predicted molar refractivity (Wildman–Crippen MR) is 79.2 cm³/mol. The van der Waals surface area contributed by atoms with Crippen molar-refractivity contribution < 1.29 is 0 Å². The van der Waals surface area contributed by atoms with Crippen LogP contribution in [0.1, 0.15) is 5.69 Å². The summed E-state index contributed by atoms with van der Waals surface area (Å²) in [5.41, 5.74) is 2.75. The third-order valence-corrected chi connectivity index (χ3v) is 3.01. The molecule has 1 heterocycles. The van der Waals surface area contributed by atoms with E-state index in [0.717, 1.165) is 17.1 Å². The number of benzene rings is 1. The minimum Gasteiger partial charge on any atom is -0.332 e. The summed E-state index contributed by atoms with van der Waals surface area (Å²) in [7, 11) is 1.88. The molecule has 4 nitrogen and oxygen atoms in total. The van der Waals surface area contributed by atoms with Gasteiger partial charge in [0.1, 0.15) is 0 Å². The zero-order chi connectivity index (χ0) is 13.1. The van der Waals surface area contributed by atoms with Gasteiger partial charge in [0.15, 0.2) is 5.11 Å². The largest absolute Gasteiger partial charge is 0.332 e. The average Bonchev–Trinajstić information content (AvgIpc) is 2.61. The van der Waals surface area contributed by atoms with Crippen molar-refractivity contribution in [1.29, 1.82) is 0 Å². The minimum absolute atomic E-state index is 0.508. The van der Waals surface area contributed by atoms with Crippen molar-refractivity contribution in [3.8, 4) is 0 Å². The number of halogens is 1. The maximum Gasteiger partial charge on any atom is 0.175 e. The molecule has 2 N–H and O–H groups in total. The van der Waals surface area contributed by atoms with Gasteiger partial charge in [0.05, 0.1) is 17.6 Å². The summed E-state index contributed by atoms with van der Waals surface area (Å²) in [4.78, 5) is 0. The molecular weight excluding hydrogens is 268 g/mol. The quantitative estimate of drug-likeness (QED) is 0.829. The third-order valence-electron chi connectivity index (χ3n) is 2.57. The van der Waals surface area contributed by atoms with E-state index < -0.39 is 0 Å². The van der Waals surface area contributed by atoms with Gasteiger partial charge in [-0.25, -0.2) is 0 Å². The van der Waals surface area contributed by atoms with Gasteiger partial charge >= 0.3 is 0 Å². The van der Waals surface area contributed by atoms with Crippen molar-refractivity contribution in [3.05, 3.63) is 41.2 Å². The van der Waals surface area contributed by atoms with E-state index in [1.54, 1.807) is 10.9 Å². The molecule has 18 heavy (non-hydrogen) atoms. The number of hydrogen-bond donors (Lipinski definition) is 2. The third kappa shape index (κ3) is 3.00. The van der Waals surface area contributed by atoms with Crippen LogP contribution in [-0.2, 0) is 7.05 Å². The fourth-order valence-electron chi connectivity index (χ4n) is 1.47. The fraction of sp³-hybridized carbons (Fsp3) is 0.167. The Kier molecular flexibility index (Phi) is 3.84. The number of aromatic nitrogens is 2. The van der Waals surface area contributed by atoms with Gasteiger partial charge in [-0.05, 0) is 37.3 Å². The molecule has 0 aliphatic heterocycles. The predicted octanol–water partition coefficient (Wildman–Crippen LogP) is 3.19. The average molecular weight is 281 g/mol. The molecule has 0 atom stereocenters. The summed E-state index contributed by atoms with van der Waals surface area (Å²) >= 11 is 11.1. The van der Waals surface area contributed by atoms with Crippen LogP contribution in [0, 0.1) is 6.92 Å². The first-order valence-electron chi connectivity index (χ1n) is 5.38. The van der Waals surface area contributed by atoms with Crippen LogP contribution in [0.4, 0.5) is 11.4 Å². The maximum absolute atomic E-state index is 5.90. The highest BCUT2D eigenvalue weighted by molar-refractivity contribution is 7.80. The van der Waals surface area contributed by atoms with E-state index in [1.165, 1.54) is 0 Å². The molecule has 0 saturated heterocycles. The van der Waals surface area contributed by atoms with Crippen molar-refractivity contribution in [1.82, 2.24) is 9.78 Å². The van der Waals surface area contributed by atoms with Crippen LogP contribution < -0.4 is 10.6 Å². The van der Waals surface area contributed by atoms with Crippen LogP contribution in [0.2, 0.25) is 5.02 Å². The zero-order valence-electron chi connectivity index (χ0n) is 10.1. The number of aryl methyl sites for hydroxylation is 1. The summed E-state index contributed by atoms with van der Waals surface area (Å²) in [6, 6.07) is 7.39. The summed E-state index contributed by atoms with van der Waals surface area (Å²) in [5.74, 6) is 0. The molecule has 0 fully saturated rings. The van der Waals surface area contributed by atoms with E-state index in [9.17, 15) is 0 Å². The lowest BCUT2D eigenvalue weighted by molar-refractivity contribution is 0.740. The van der Waals surface area contributed by atoms with Crippen LogP contribution >= 0.6 is 23.8 Å². The Morgan fingerprint density at radius 3 is 2.78 bits per heavy atom. The summed E-state index contributed by atoms with van der Waals surface area (Å²) in [5, 5.41) is 11.5. The van der Waals surface area contributed by atoms with Crippen LogP contribution in [0.15, 0.2) is 30.5 Å². The highest BCUT2D eigenvalue weighted by Crippen LogP contribution is 2.16. The Balaban J connectivity index is 2.03. The Morgan fingerprint density at radius 1 is 1.39 bits per heavy atom. The number of thiocarbonyl (C=S) groups is 1. The molecule has 0 saturated carbocycles. The van der Waals surface area contributed by atoms with E-state index in [1.807, 2.05) is 38.2 Å². The van der Waals surface area contributed by atoms with Crippen molar-refractivity contribution in [2.24, 2.45) is 7.05 Å². The van der Waals surface area contributed by atoms with Crippen molar-refractivity contribution in [3.63, 3.8) is 0 Å². The lowest BCUT2D eigenvalue weighted by atomic mass is 10.3. The maximum atomic E-state index is 5.90. The van der Waals surface area contributed by atoms with Crippen molar-refractivity contribution in [2.45, 2.75) is 6.92 Å². The lowest BCUT2D eigenvalue weighted by Gasteiger charge is -2.10. The molecule has 0 aliphatic rings. The van der Waals surface area contributed by atoms with Gasteiger partial charge in [-0.3, -0.25) is 4.68 Å². The van der Waals surface area contributed by atoms with E-state index >= 15 is 0 Å². The molecule has 1 aromatic heterocycles. The smallest absolute Gasteiger partial charge is 0.175 e. The molecule has 0 aliphatic carbocycles. The van der Waals surface area contributed by atoms with E-state index in [0.29, 0.717) is 10.1 Å². The Hall–Kier alpha value is -1.59. The van der Waals surface area contributed by atoms with Crippen LogP contribution in [-0.4, -0.2) is 14.9 Å². The SMILES string of the molecule is Cc1c(NC(=S)Nc2cccc(Cl)c2)cnn1C. The molecule has 0 amide bonds. The molecule has 0 spiro atoms. The first kappa shape index (κ1) is 12.9. The topological polar surface area (TPSA) is 41.9 Å². The molecule has 2 aromatic rings. The van der Waals surface area contributed by atoms with E-state index in [2.05, 4.69) is 15.7 Å². The van der Waals surface area contributed by atoms with Gasteiger partial charge in [-0.2, -0.15) is 5.10 Å². The molecule has 94 valence electrons. The normalized spacial score (nSPS) is 10.2. The second-order valence-corrected chi connectivity index (χ2v) is 4.70. The standard InChI is InChI=1S/C12H13ClN4S/c1-8-11(7-14-17(8)2)16-12(18)15-10-5-3-4-9(13)6-10/h3-7H,1-2H3,(H2,15,16,18). The number of nitrogens with zero attached hydrogens (tertiary/aromatic N) is 2. The fourth-order valence-corrected chi connectivity index (χ4v) is 1.89. The van der Waals surface area contributed by atoms with Crippen LogP contribution in [0.3, 0.4) is 0 Å². The Bertz CT molecular complexity index is 579. The molecule has 1 aromatic carbocycles. The summed E-state index contributed by atoms with van der Waals surface area (Å²) < 4.78 is 1.78. The highest BCUT2D eigenvalue weighted by Gasteiger charge is 2.05. The van der Waals surface area contributed by atoms with Crippen molar-refractivity contribution >= 4 is 40.3 Å². The molecule has 2 rings (SSSR count). The number of nitrogens with one attached hydrogen (secondary N) is 2. The molecule has 0 radical (unpaired) electrons. The van der Waals surface area contributed by atoms with Gasteiger partial charge in [0.25, 0.3) is 0 Å². The van der Waals surface area contributed by atoms with Gasteiger partial charge in [0.2, 0.25) is 0 Å².